The highest BCUT2D eigenvalue weighted by atomic mass is 16.5. The Morgan fingerprint density at radius 1 is 0.110 bits per heavy atom. The molecule has 8 aromatic carbocycles. The average molecular weight is 1630 g/mol. The molecule has 0 aliphatic heterocycles. The molecule has 118 heavy (non-hydrogen) atoms. The van der Waals surface area contributed by atoms with Gasteiger partial charge in [-0.15, -0.1) is 0 Å². The fraction of sp³-hybridized carbons (Fsp3) is 0.660. The molecule has 12 nitrogen and oxygen atoms in total. The van der Waals surface area contributed by atoms with Crippen molar-refractivity contribution in [3.63, 3.8) is 0 Å². The number of ether oxygens (including phenoxy) is 12. The Hall–Kier alpha value is -7.08. The molecule has 0 amide bonds. The number of hydrogen-bond acceptors (Lipinski definition) is 12. The molecule has 0 unspecified atom stereocenters. The average Bonchev–Trinajstić information content (AvgIpc) is 0.732. The van der Waals surface area contributed by atoms with Crippen molar-refractivity contribution in [3.05, 3.63) is 72.8 Å². The molecule has 0 aromatic heterocycles. The van der Waals surface area contributed by atoms with Crippen molar-refractivity contribution in [2.45, 2.75) is 377 Å². The molecule has 0 radical (unpaired) electrons. The van der Waals surface area contributed by atoms with Crippen molar-refractivity contribution in [3.8, 4) is 69.0 Å². The van der Waals surface area contributed by atoms with Gasteiger partial charge in [0.25, 0.3) is 0 Å². The molecule has 0 aliphatic rings. The normalized spacial score (nSPS) is 11.6. The largest absolute Gasteiger partial charge is 0.490 e. The van der Waals surface area contributed by atoms with Crippen LogP contribution in [0.3, 0.4) is 0 Å². The van der Waals surface area contributed by atoms with Gasteiger partial charge in [0, 0.05) is 0 Å². The van der Waals surface area contributed by atoms with Crippen LogP contribution >= 0.6 is 0 Å². The summed E-state index contributed by atoms with van der Waals surface area (Å²) in [6.07, 6.45) is 53.9. The number of fused-ring (bicyclic) bond motifs is 12. The van der Waals surface area contributed by atoms with Crippen LogP contribution in [0.15, 0.2) is 72.8 Å². The first-order valence-electron chi connectivity index (χ1n) is 48.9. The zero-order valence-corrected chi connectivity index (χ0v) is 76.3. The minimum atomic E-state index is 0.607. The van der Waals surface area contributed by atoms with Gasteiger partial charge in [0.2, 0.25) is 0 Å². The predicted octanol–water partition coefficient (Wildman–Crippen LogP) is 32.8. The van der Waals surface area contributed by atoms with Gasteiger partial charge in [-0.1, -0.05) is 300 Å². The molecule has 0 aliphatic carbocycles. The Bertz CT molecular complexity index is 3690. The van der Waals surface area contributed by atoms with Crippen molar-refractivity contribution in [2.24, 2.45) is 0 Å². The van der Waals surface area contributed by atoms with Crippen LogP contribution in [0, 0.1) is 0 Å². The second kappa shape index (κ2) is 58.8. The van der Waals surface area contributed by atoms with E-state index >= 15 is 0 Å². The zero-order chi connectivity index (χ0) is 83.3. The third kappa shape index (κ3) is 32.4. The van der Waals surface area contributed by atoms with Crippen LogP contribution in [0.4, 0.5) is 0 Å². The van der Waals surface area contributed by atoms with Crippen molar-refractivity contribution in [1.29, 1.82) is 0 Å². The lowest BCUT2D eigenvalue weighted by Crippen LogP contribution is -2.05. The number of hydrogen-bond donors (Lipinski definition) is 0. The van der Waals surface area contributed by atoms with E-state index in [2.05, 4.69) is 142 Å². The van der Waals surface area contributed by atoms with Gasteiger partial charge < -0.3 is 56.8 Å². The molecular formula is C106H162O12. The van der Waals surface area contributed by atoms with Crippen molar-refractivity contribution >= 4 is 64.6 Å². The number of unbranched alkanes of at least 4 members (excludes halogenated alkanes) is 37. The van der Waals surface area contributed by atoms with E-state index in [4.69, 9.17) is 56.8 Å². The number of rotatable bonds is 73. The summed E-state index contributed by atoms with van der Waals surface area (Å²) >= 11 is 0. The SMILES string of the molecule is CCCCCCOc1cc2c3cc(OCCCCCC)c(OCCCCCC)cc3c3cc(OCCCCCCCCCCOc4cc5c6cc(OCCCCCC)c(OCCCCCC)cc6c6cc(OCCCCCC)c(OCCCCCC)cc6c5cc4OCCCCCC)c(OCCCCCC)cc3c2cc1OCCCCCC. The van der Waals surface area contributed by atoms with E-state index in [-0.39, 0.29) is 0 Å². The van der Waals surface area contributed by atoms with E-state index in [1.807, 2.05) is 0 Å². The number of benzene rings is 8. The Balaban J connectivity index is 1.03. The van der Waals surface area contributed by atoms with Gasteiger partial charge in [0.15, 0.2) is 69.0 Å². The minimum Gasteiger partial charge on any atom is -0.490 e. The van der Waals surface area contributed by atoms with Crippen LogP contribution < -0.4 is 56.8 Å². The summed E-state index contributed by atoms with van der Waals surface area (Å²) in [5.41, 5.74) is 0. The van der Waals surface area contributed by atoms with E-state index < -0.39 is 0 Å². The Labute approximate surface area is 715 Å². The summed E-state index contributed by atoms with van der Waals surface area (Å²) in [6.45, 7) is 30.2. The quantitative estimate of drug-likeness (QED) is 0.0267. The maximum absolute atomic E-state index is 6.98. The third-order valence-electron chi connectivity index (χ3n) is 23.4. The van der Waals surface area contributed by atoms with Gasteiger partial charge in [-0.2, -0.15) is 0 Å². The lowest BCUT2D eigenvalue weighted by atomic mass is 9.93. The van der Waals surface area contributed by atoms with Gasteiger partial charge in [-0.05, 0) is 214 Å². The first-order chi connectivity index (χ1) is 58.3. The maximum atomic E-state index is 6.98. The first kappa shape index (κ1) is 96.4. The highest BCUT2D eigenvalue weighted by Gasteiger charge is 2.24. The van der Waals surface area contributed by atoms with Gasteiger partial charge in [0.05, 0.1) is 79.3 Å². The smallest absolute Gasteiger partial charge is 0.161 e. The highest BCUT2D eigenvalue weighted by molar-refractivity contribution is 6.28. The second-order valence-corrected chi connectivity index (χ2v) is 33.7. The molecule has 0 saturated heterocycles. The highest BCUT2D eigenvalue weighted by Crippen LogP contribution is 2.50. The summed E-state index contributed by atoms with van der Waals surface area (Å²) in [7, 11) is 0. The molecule has 658 valence electrons. The molecule has 12 heteroatoms. The van der Waals surface area contributed by atoms with Crippen molar-refractivity contribution in [1.82, 2.24) is 0 Å². The molecular weight excluding hydrogens is 1470 g/mol. The van der Waals surface area contributed by atoms with E-state index in [1.54, 1.807) is 0 Å². The zero-order valence-electron chi connectivity index (χ0n) is 76.3. The van der Waals surface area contributed by atoms with Crippen LogP contribution in [-0.2, 0) is 0 Å². The Morgan fingerprint density at radius 3 is 0.271 bits per heavy atom. The third-order valence-corrected chi connectivity index (χ3v) is 23.4. The lowest BCUT2D eigenvalue weighted by molar-refractivity contribution is 0.258. The Kier molecular flexibility index (Phi) is 48.0. The van der Waals surface area contributed by atoms with Crippen molar-refractivity contribution in [2.75, 3.05) is 79.3 Å². The summed E-state index contributed by atoms with van der Waals surface area (Å²) in [6, 6.07) is 27.1. The topological polar surface area (TPSA) is 111 Å². The molecule has 0 heterocycles. The molecule has 0 N–H and O–H groups in total. The van der Waals surface area contributed by atoms with Crippen molar-refractivity contribution < 1.29 is 56.8 Å². The van der Waals surface area contributed by atoms with Crippen LogP contribution in [0.2, 0.25) is 0 Å². The van der Waals surface area contributed by atoms with Gasteiger partial charge >= 0.3 is 0 Å². The monoisotopic (exact) mass is 1630 g/mol. The molecule has 0 bridgehead atoms. The Morgan fingerprint density at radius 2 is 0.186 bits per heavy atom. The molecule has 0 atom stereocenters. The maximum Gasteiger partial charge on any atom is 0.161 e. The van der Waals surface area contributed by atoms with Crippen LogP contribution in [0.1, 0.15) is 377 Å². The lowest BCUT2D eigenvalue weighted by Gasteiger charge is -2.21. The van der Waals surface area contributed by atoms with Gasteiger partial charge in [-0.25, -0.2) is 0 Å². The van der Waals surface area contributed by atoms with E-state index in [0.29, 0.717) is 79.3 Å². The van der Waals surface area contributed by atoms with Gasteiger partial charge in [-0.3, -0.25) is 0 Å². The van der Waals surface area contributed by atoms with Crippen LogP contribution in [-0.4, -0.2) is 79.3 Å². The van der Waals surface area contributed by atoms with Crippen LogP contribution in [0.25, 0.3) is 64.6 Å². The fourth-order valence-corrected chi connectivity index (χ4v) is 16.1. The minimum absolute atomic E-state index is 0.607. The molecule has 8 aromatic rings. The standard InChI is InChI=1S/C106H162O12/c1-11-21-31-47-59-107-95-71-83-85-73-97(109-61-49-33-23-13-3)101(113-65-53-37-27-17-7)77-89(85)93-81-105(103(115-67-55-39-29-19-9)79-91(93)87(83)75-99(95)111-63-51-35-25-15-5)117-69-57-45-43-41-42-44-46-58-70-118-106-82-94-90-78-102(114-66-54-38-28-18-8)98(110-62-50-34-24-14-4)74-86(90)84-72-96(108-60-48-32-22-12-2)100(112-64-52-36-26-16-6)76-88(84)92(94)80-104(106)116-68-56-40-30-20-10/h71-82H,11-70H2,1-10H3. The van der Waals surface area contributed by atoms with E-state index in [9.17, 15) is 0 Å². The first-order valence-corrected chi connectivity index (χ1v) is 48.9. The molecule has 8 rings (SSSR count). The summed E-state index contributed by atoms with van der Waals surface area (Å²) in [5.74, 6) is 9.56. The molecule has 0 fully saturated rings. The summed E-state index contributed by atoms with van der Waals surface area (Å²) < 4.78 is 82.1. The van der Waals surface area contributed by atoms with E-state index in [1.165, 1.54) is 141 Å². The second-order valence-electron chi connectivity index (χ2n) is 33.7. The molecule has 0 saturated carbocycles. The van der Waals surface area contributed by atoms with Crippen LogP contribution in [0.5, 0.6) is 69.0 Å². The summed E-state index contributed by atoms with van der Waals surface area (Å²) in [5, 5.41) is 13.2. The fourth-order valence-electron chi connectivity index (χ4n) is 16.1. The predicted molar refractivity (Wildman–Crippen MR) is 502 cm³/mol. The van der Waals surface area contributed by atoms with Gasteiger partial charge in [0.1, 0.15) is 0 Å². The van der Waals surface area contributed by atoms with E-state index in [0.717, 1.165) is 301 Å². The molecule has 0 spiro atoms. The summed E-state index contributed by atoms with van der Waals surface area (Å²) in [4.78, 5) is 0.